The number of nitrogens with one attached hydrogen (secondary N) is 1. The Kier molecular flexibility index (Phi) is 5.65. The summed E-state index contributed by atoms with van der Waals surface area (Å²) in [6, 6.07) is 15.1. The number of carbonyl (C=O) groups excluding carboxylic acids is 2. The fraction of sp³-hybridized carbons (Fsp3) is 0.0870. The summed E-state index contributed by atoms with van der Waals surface area (Å²) >= 11 is 5.28. The second-order valence-corrected chi connectivity index (χ2v) is 7.20. The number of hydrogen-bond acceptors (Lipinski definition) is 6. The number of aromatic nitrogens is 1. The molecule has 4 rings (SSSR count). The van der Waals surface area contributed by atoms with Crippen LogP contribution in [0.4, 0.5) is 5.69 Å². The molecule has 0 saturated carbocycles. The summed E-state index contributed by atoms with van der Waals surface area (Å²) in [6.07, 6.45) is 3.29. The molecule has 1 aliphatic heterocycles. The number of amides is 2. The van der Waals surface area contributed by atoms with Crippen LogP contribution in [0.3, 0.4) is 0 Å². The van der Waals surface area contributed by atoms with Gasteiger partial charge in [-0.15, -0.1) is 0 Å². The van der Waals surface area contributed by atoms with Gasteiger partial charge < -0.3 is 19.1 Å². The van der Waals surface area contributed by atoms with Crippen LogP contribution in [0.25, 0.3) is 11.8 Å². The van der Waals surface area contributed by atoms with E-state index in [1.165, 1.54) is 25.2 Å². The van der Waals surface area contributed by atoms with Crippen LogP contribution in [0.15, 0.2) is 66.4 Å². The molecule has 9 heteroatoms. The Hall–Kier alpha value is -4.11. The summed E-state index contributed by atoms with van der Waals surface area (Å²) < 4.78 is 12.4. The second-order valence-electron chi connectivity index (χ2n) is 6.82. The molecule has 2 heterocycles. The van der Waals surface area contributed by atoms with E-state index < -0.39 is 11.8 Å². The van der Waals surface area contributed by atoms with Crippen LogP contribution in [0, 0.1) is 0 Å². The number of anilines is 1. The summed E-state index contributed by atoms with van der Waals surface area (Å²) in [6.45, 7) is 0. The number of ether oxygens (including phenoxy) is 2. The van der Waals surface area contributed by atoms with Gasteiger partial charge in [0.1, 0.15) is 22.8 Å². The van der Waals surface area contributed by atoms with Crippen LogP contribution < -0.4 is 19.7 Å². The zero-order chi connectivity index (χ0) is 22.8. The van der Waals surface area contributed by atoms with Crippen molar-refractivity contribution in [3.05, 3.63) is 72.1 Å². The largest absolute Gasteiger partial charge is 0.508 e. The zero-order valence-electron chi connectivity index (χ0n) is 17.2. The number of aromatic hydroxyl groups is 1. The van der Waals surface area contributed by atoms with Crippen molar-refractivity contribution in [3.8, 4) is 22.9 Å². The lowest BCUT2D eigenvalue weighted by atomic mass is 10.1. The number of carbonyl (C=O) groups is 2. The molecular formula is C23H19N3O5S. The van der Waals surface area contributed by atoms with Crippen molar-refractivity contribution >= 4 is 40.9 Å². The predicted octanol–water partition coefficient (Wildman–Crippen LogP) is 3.03. The number of thiocarbonyl (C=S) groups is 1. The van der Waals surface area contributed by atoms with Crippen LogP contribution in [0.5, 0.6) is 17.2 Å². The minimum Gasteiger partial charge on any atom is -0.508 e. The van der Waals surface area contributed by atoms with E-state index in [1.807, 2.05) is 0 Å². The van der Waals surface area contributed by atoms with Gasteiger partial charge in [-0.3, -0.25) is 14.9 Å². The summed E-state index contributed by atoms with van der Waals surface area (Å²) in [4.78, 5) is 27.2. The first-order chi connectivity index (χ1) is 15.4. The second kappa shape index (κ2) is 8.56. The van der Waals surface area contributed by atoms with Gasteiger partial charge in [-0.25, -0.2) is 4.90 Å². The minimum absolute atomic E-state index is 0.0467. The molecule has 0 aliphatic carbocycles. The molecule has 1 fully saturated rings. The Bertz CT molecular complexity index is 1250. The first kappa shape index (κ1) is 21.1. The first-order valence-electron chi connectivity index (χ1n) is 9.53. The predicted molar refractivity (Wildman–Crippen MR) is 123 cm³/mol. The van der Waals surface area contributed by atoms with E-state index >= 15 is 0 Å². The van der Waals surface area contributed by atoms with Gasteiger partial charge in [0.25, 0.3) is 11.8 Å². The molecule has 0 atom stereocenters. The number of methoxy groups -OCH3 is 2. The summed E-state index contributed by atoms with van der Waals surface area (Å²) in [7, 11) is 2.99. The van der Waals surface area contributed by atoms with Crippen molar-refractivity contribution in [2.45, 2.75) is 0 Å². The minimum atomic E-state index is -0.595. The van der Waals surface area contributed by atoms with E-state index in [9.17, 15) is 14.7 Å². The summed E-state index contributed by atoms with van der Waals surface area (Å²) in [5.74, 6) is -0.126. The fourth-order valence-electron chi connectivity index (χ4n) is 3.35. The Labute approximate surface area is 189 Å². The Balaban J connectivity index is 1.75. The molecule has 162 valence electrons. The van der Waals surface area contributed by atoms with Gasteiger partial charge >= 0.3 is 0 Å². The highest BCUT2D eigenvalue weighted by Gasteiger charge is 2.36. The maximum Gasteiger partial charge on any atom is 0.270 e. The topological polar surface area (TPSA) is 93.0 Å². The average Bonchev–Trinajstić information content (AvgIpc) is 3.25. The number of nitrogens with zero attached hydrogens (tertiary/aromatic N) is 2. The van der Waals surface area contributed by atoms with Crippen molar-refractivity contribution in [3.63, 3.8) is 0 Å². The van der Waals surface area contributed by atoms with Crippen LogP contribution in [-0.4, -0.2) is 40.8 Å². The van der Waals surface area contributed by atoms with E-state index in [0.717, 1.165) is 5.69 Å². The van der Waals surface area contributed by atoms with Crippen molar-refractivity contribution in [1.82, 2.24) is 9.88 Å². The summed E-state index contributed by atoms with van der Waals surface area (Å²) in [5.41, 5.74) is 1.65. The molecule has 2 aromatic carbocycles. The Morgan fingerprint density at radius 3 is 2.47 bits per heavy atom. The van der Waals surface area contributed by atoms with Gasteiger partial charge in [0.05, 0.1) is 19.9 Å². The van der Waals surface area contributed by atoms with Crippen molar-refractivity contribution in [2.24, 2.45) is 0 Å². The van der Waals surface area contributed by atoms with Gasteiger partial charge in [-0.05, 0) is 66.8 Å². The summed E-state index contributed by atoms with van der Waals surface area (Å²) in [5, 5.41) is 12.1. The standard InChI is InChI=1S/C23H19N3O5S/c1-30-17-9-10-19(20(13-17)31-2)26-22(29)18(21(28)24-23(26)32)12-15-4-3-11-25(15)14-5-7-16(27)8-6-14/h3-13,27H,1-2H3,(H,24,28,32)/b18-12+. The molecule has 0 radical (unpaired) electrons. The number of phenols is 1. The number of hydrogen-bond donors (Lipinski definition) is 2. The normalized spacial score (nSPS) is 15.1. The van der Waals surface area contributed by atoms with E-state index in [2.05, 4.69) is 5.32 Å². The molecule has 1 saturated heterocycles. The molecule has 0 spiro atoms. The number of phenolic OH excluding ortho intramolecular Hbond substituents is 1. The lowest BCUT2D eigenvalue weighted by Crippen LogP contribution is -2.54. The molecule has 1 aromatic heterocycles. The van der Waals surface area contributed by atoms with Gasteiger partial charge in [-0.2, -0.15) is 0 Å². The third-order valence-corrected chi connectivity index (χ3v) is 5.21. The molecule has 3 aromatic rings. The van der Waals surface area contributed by atoms with Crippen LogP contribution in [0.1, 0.15) is 5.69 Å². The zero-order valence-corrected chi connectivity index (χ0v) is 18.1. The third kappa shape index (κ3) is 3.81. The molecule has 32 heavy (non-hydrogen) atoms. The van der Waals surface area contributed by atoms with Gasteiger partial charge in [0.15, 0.2) is 5.11 Å². The molecule has 0 unspecified atom stereocenters. The van der Waals surface area contributed by atoms with Gasteiger partial charge in [0, 0.05) is 23.6 Å². The van der Waals surface area contributed by atoms with Crippen LogP contribution >= 0.6 is 12.2 Å². The first-order valence-corrected chi connectivity index (χ1v) is 9.94. The molecule has 8 nitrogen and oxygen atoms in total. The Morgan fingerprint density at radius 2 is 1.78 bits per heavy atom. The van der Waals surface area contributed by atoms with Crippen LogP contribution in [0.2, 0.25) is 0 Å². The van der Waals surface area contributed by atoms with E-state index in [1.54, 1.807) is 65.4 Å². The van der Waals surface area contributed by atoms with Crippen molar-refractivity contribution in [2.75, 3.05) is 19.1 Å². The number of benzene rings is 2. The smallest absolute Gasteiger partial charge is 0.270 e. The lowest BCUT2D eigenvalue weighted by molar-refractivity contribution is -0.122. The average molecular weight is 449 g/mol. The molecule has 2 N–H and O–H groups in total. The van der Waals surface area contributed by atoms with Crippen molar-refractivity contribution < 1.29 is 24.2 Å². The SMILES string of the molecule is COc1ccc(N2C(=O)/C(=C/c3cccn3-c3ccc(O)cc3)C(=O)NC2=S)c(OC)c1. The fourth-order valence-corrected chi connectivity index (χ4v) is 3.63. The number of rotatable bonds is 5. The highest BCUT2D eigenvalue weighted by atomic mass is 32.1. The van der Waals surface area contributed by atoms with E-state index in [0.29, 0.717) is 22.9 Å². The van der Waals surface area contributed by atoms with E-state index in [-0.39, 0.29) is 16.4 Å². The molecular weight excluding hydrogens is 430 g/mol. The third-order valence-electron chi connectivity index (χ3n) is 4.93. The molecule has 0 bridgehead atoms. The Morgan fingerprint density at radius 1 is 1.03 bits per heavy atom. The lowest BCUT2D eigenvalue weighted by Gasteiger charge is -2.30. The van der Waals surface area contributed by atoms with Gasteiger partial charge in [-0.1, -0.05) is 0 Å². The molecule has 2 amide bonds. The van der Waals surface area contributed by atoms with Gasteiger partial charge in [0.2, 0.25) is 0 Å². The monoisotopic (exact) mass is 449 g/mol. The van der Waals surface area contributed by atoms with E-state index in [4.69, 9.17) is 21.7 Å². The molecule has 1 aliphatic rings. The van der Waals surface area contributed by atoms with Crippen LogP contribution in [-0.2, 0) is 9.59 Å². The van der Waals surface area contributed by atoms with Crippen molar-refractivity contribution in [1.29, 1.82) is 0 Å². The maximum atomic E-state index is 13.4. The quantitative estimate of drug-likeness (QED) is 0.353. The highest BCUT2D eigenvalue weighted by molar-refractivity contribution is 7.80. The maximum absolute atomic E-state index is 13.4. The highest BCUT2D eigenvalue weighted by Crippen LogP contribution is 2.34.